The number of imidazole rings is 1. The summed E-state index contributed by atoms with van der Waals surface area (Å²) in [5.74, 6) is 0. The quantitative estimate of drug-likeness (QED) is 0.790. The maximum Gasteiger partial charge on any atom is 0.161 e. The van der Waals surface area contributed by atoms with Crippen LogP contribution in [-0.2, 0) is 13.0 Å². The molecule has 0 aliphatic carbocycles. The van der Waals surface area contributed by atoms with E-state index in [1.165, 1.54) is 11.1 Å². The van der Waals surface area contributed by atoms with Gasteiger partial charge in [-0.2, -0.15) is 0 Å². The zero-order chi connectivity index (χ0) is 16.0. The number of aromatic nitrogens is 2. The Kier molecular flexibility index (Phi) is 3.34. The first-order valence-corrected chi connectivity index (χ1v) is 8.12. The molecule has 1 atom stereocenters. The van der Waals surface area contributed by atoms with E-state index >= 15 is 0 Å². The van der Waals surface area contributed by atoms with Crippen LogP contribution in [0, 0.1) is 6.92 Å². The van der Waals surface area contributed by atoms with E-state index in [0.29, 0.717) is 6.04 Å². The number of aliphatic hydroxyl groups is 1. The smallest absolute Gasteiger partial charge is 0.161 e. The van der Waals surface area contributed by atoms with Gasteiger partial charge in [0.25, 0.3) is 0 Å². The van der Waals surface area contributed by atoms with Crippen molar-refractivity contribution in [3.8, 4) is 0 Å². The molecule has 0 bridgehead atoms. The van der Waals surface area contributed by atoms with Gasteiger partial charge in [-0.1, -0.05) is 24.3 Å². The largest absolute Gasteiger partial charge is 0.390 e. The molecule has 1 N–H and O–H groups in total. The Bertz CT molecular complexity index is 868. The average molecular weight is 307 g/mol. The van der Waals surface area contributed by atoms with E-state index in [1.54, 1.807) is 0 Å². The van der Waals surface area contributed by atoms with E-state index < -0.39 is 0 Å². The fraction of sp³-hybridized carbons (Fsp3) is 0.316. The van der Waals surface area contributed by atoms with Gasteiger partial charge in [0.05, 0.1) is 29.7 Å². The van der Waals surface area contributed by atoms with Crippen LogP contribution in [0.2, 0.25) is 0 Å². The lowest BCUT2D eigenvalue weighted by molar-refractivity contribution is 0.275. The Labute approximate surface area is 136 Å². The highest BCUT2D eigenvalue weighted by Crippen LogP contribution is 2.35. The molecule has 0 radical (unpaired) electrons. The summed E-state index contributed by atoms with van der Waals surface area (Å²) >= 11 is 0. The lowest BCUT2D eigenvalue weighted by atomic mass is 9.93. The summed E-state index contributed by atoms with van der Waals surface area (Å²) in [5, 5.41) is 9.61. The number of rotatable bonds is 2. The molecule has 4 nitrogen and oxygen atoms in total. The van der Waals surface area contributed by atoms with Gasteiger partial charge in [-0.25, -0.2) is 4.98 Å². The highest BCUT2D eigenvalue weighted by Gasteiger charge is 2.26. The van der Waals surface area contributed by atoms with Crippen molar-refractivity contribution in [1.29, 1.82) is 0 Å². The van der Waals surface area contributed by atoms with Crippen molar-refractivity contribution in [2.45, 2.75) is 32.9 Å². The molecule has 118 valence electrons. The number of anilines is 1. The van der Waals surface area contributed by atoms with E-state index in [4.69, 9.17) is 4.98 Å². The van der Waals surface area contributed by atoms with Crippen LogP contribution in [0.1, 0.15) is 35.5 Å². The number of nitrogens with zero attached hydrogens (tertiary/aromatic N) is 3. The van der Waals surface area contributed by atoms with Crippen LogP contribution in [-0.4, -0.2) is 21.0 Å². The first-order valence-electron chi connectivity index (χ1n) is 8.12. The topological polar surface area (TPSA) is 40.8 Å². The molecule has 4 heteroatoms. The molecule has 3 aromatic rings. The van der Waals surface area contributed by atoms with Crippen molar-refractivity contribution in [3.05, 3.63) is 65.1 Å². The molecule has 23 heavy (non-hydrogen) atoms. The second kappa shape index (κ2) is 5.39. The maximum atomic E-state index is 9.61. The predicted octanol–water partition coefficient (Wildman–Crippen LogP) is 3.26. The van der Waals surface area contributed by atoms with Crippen LogP contribution < -0.4 is 4.90 Å². The zero-order valence-electron chi connectivity index (χ0n) is 13.5. The van der Waals surface area contributed by atoms with Crippen molar-refractivity contribution in [3.63, 3.8) is 0 Å². The Morgan fingerprint density at radius 1 is 1.22 bits per heavy atom. The van der Waals surface area contributed by atoms with Gasteiger partial charge in [-0.3, -0.25) is 4.40 Å². The van der Waals surface area contributed by atoms with Gasteiger partial charge < -0.3 is 10.0 Å². The molecular weight excluding hydrogens is 286 g/mol. The standard InChI is InChI=1S/C19H21N3O/c1-13-18(12-23)22-10-5-8-17(19(22)20-13)21-11-9-15-6-3-4-7-16(15)14(21)2/h3-8,10,14,23H,9,11-12H2,1-2H3. The first-order chi connectivity index (χ1) is 11.2. The number of benzene rings is 1. The molecule has 3 heterocycles. The van der Waals surface area contributed by atoms with Crippen molar-refractivity contribution in [2.75, 3.05) is 11.4 Å². The molecule has 0 spiro atoms. The third-order valence-corrected chi connectivity index (χ3v) is 4.98. The zero-order valence-corrected chi connectivity index (χ0v) is 13.5. The highest BCUT2D eigenvalue weighted by molar-refractivity contribution is 5.71. The maximum absolute atomic E-state index is 9.61. The molecule has 1 unspecified atom stereocenters. The van der Waals surface area contributed by atoms with Gasteiger partial charge in [0.15, 0.2) is 5.65 Å². The fourth-order valence-corrected chi connectivity index (χ4v) is 3.73. The minimum Gasteiger partial charge on any atom is -0.390 e. The number of aliphatic hydroxyl groups excluding tert-OH is 1. The molecule has 0 saturated carbocycles. The van der Waals surface area contributed by atoms with Crippen molar-refractivity contribution < 1.29 is 5.11 Å². The van der Waals surface area contributed by atoms with Gasteiger partial charge in [0.2, 0.25) is 0 Å². The number of hydrogen-bond acceptors (Lipinski definition) is 3. The molecule has 1 aromatic carbocycles. The average Bonchev–Trinajstić information content (AvgIpc) is 2.91. The number of pyridine rings is 1. The van der Waals surface area contributed by atoms with E-state index in [9.17, 15) is 5.11 Å². The van der Waals surface area contributed by atoms with Gasteiger partial charge in [0, 0.05) is 12.7 Å². The second-order valence-electron chi connectivity index (χ2n) is 6.21. The van der Waals surface area contributed by atoms with E-state index in [2.05, 4.69) is 42.2 Å². The first kappa shape index (κ1) is 14.3. The van der Waals surface area contributed by atoms with Crippen LogP contribution in [0.25, 0.3) is 5.65 Å². The number of fused-ring (bicyclic) bond motifs is 2. The molecule has 0 amide bonds. The molecule has 0 saturated heterocycles. The normalized spacial score (nSPS) is 17.5. The minimum absolute atomic E-state index is 0.00877. The summed E-state index contributed by atoms with van der Waals surface area (Å²) in [6.07, 6.45) is 3.03. The third kappa shape index (κ3) is 2.13. The summed E-state index contributed by atoms with van der Waals surface area (Å²) in [7, 11) is 0. The van der Waals surface area contributed by atoms with Crippen LogP contribution >= 0.6 is 0 Å². The van der Waals surface area contributed by atoms with E-state index in [-0.39, 0.29) is 6.61 Å². The SMILES string of the molecule is Cc1nc2c(N3CCc4ccccc4C3C)cccn2c1CO. The minimum atomic E-state index is 0.00877. The van der Waals surface area contributed by atoms with Crippen molar-refractivity contribution >= 4 is 11.3 Å². The van der Waals surface area contributed by atoms with Crippen LogP contribution in [0.3, 0.4) is 0 Å². The van der Waals surface area contributed by atoms with Gasteiger partial charge in [-0.05, 0) is 43.5 Å². The Morgan fingerprint density at radius 3 is 2.87 bits per heavy atom. The lowest BCUT2D eigenvalue weighted by Crippen LogP contribution is -2.34. The van der Waals surface area contributed by atoms with Crippen LogP contribution in [0.5, 0.6) is 0 Å². The number of aryl methyl sites for hydroxylation is 1. The Hall–Kier alpha value is -2.33. The molecule has 4 rings (SSSR count). The summed E-state index contributed by atoms with van der Waals surface area (Å²) in [5.41, 5.74) is 6.67. The molecule has 0 fully saturated rings. The predicted molar refractivity (Wildman–Crippen MR) is 91.8 cm³/mol. The molecule has 1 aliphatic heterocycles. The van der Waals surface area contributed by atoms with Crippen molar-refractivity contribution in [1.82, 2.24) is 9.38 Å². The fourth-order valence-electron chi connectivity index (χ4n) is 3.73. The van der Waals surface area contributed by atoms with Gasteiger partial charge in [0.1, 0.15) is 0 Å². The molecular formula is C19H21N3O. The molecule has 2 aromatic heterocycles. The van der Waals surface area contributed by atoms with Crippen LogP contribution in [0.15, 0.2) is 42.6 Å². The van der Waals surface area contributed by atoms with Crippen LogP contribution in [0.4, 0.5) is 5.69 Å². The van der Waals surface area contributed by atoms with Crippen molar-refractivity contribution in [2.24, 2.45) is 0 Å². The second-order valence-corrected chi connectivity index (χ2v) is 6.21. The number of hydrogen-bond donors (Lipinski definition) is 1. The van der Waals surface area contributed by atoms with E-state index in [1.807, 2.05) is 23.6 Å². The summed E-state index contributed by atoms with van der Waals surface area (Å²) in [6.45, 7) is 5.20. The summed E-state index contributed by atoms with van der Waals surface area (Å²) < 4.78 is 2.01. The highest BCUT2D eigenvalue weighted by atomic mass is 16.3. The monoisotopic (exact) mass is 307 g/mol. The lowest BCUT2D eigenvalue weighted by Gasteiger charge is -2.37. The Morgan fingerprint density at radius 2 is 2.04 bits per heavy atom. The molecule has 1 aliphatic rings. The van der Waals surface area contributed by atoms with Gasteiger partial charge in [-0.15, -0.1) is 0 Å². The van der Waals surface area contributed by atoms with Gasteiger partial charge >= 0.3 is 0 Å². The summed E-state index contributed by atoms with van der Waals surface area (Å²) in [6, 6.07) is 13.2. The Balaban J connectivity index is 1.84. The summed E-state index contributed by atoms with van der Waals surface area (Å²) in [4.78, 5) is 7.13. The van der Waals surface area contributed by atoms with E-state index in [0.717, 1.165) is 35.7 Å². The third-order valence-electron chi connectivity index (χ3n) is 4.98.